The maximum absolute atomic E-state index is 5.26. The monoisotopic (exact) mass is 172 g/mol. The van der Waals surface area contributed by atoms with Gasteiger partial charge < -0.3 is 18.0 Å². The quantitative estimate of drug-likeness (QED) is 0.348. The van der Waals surface area contributed by atoms with Crippen LogP contribution in [-0.2, 0) is 0 Å². The summed E-state index contributed by atoms with van der Waals surface area (Å²) in [5.74, 6) is 1.68. The first-order valence-electron chi connectivity index (χ1n) is 3.49. The van der Waals surface area contributed by atoms with Crippen molar-refractivity contribution in [2.45, 2.75) is 40.0 Å². The Balaban J connectivity index is -0.000000107. The molecule has 0 heterocycles. The molecule has 0 aliphatic rings. The van der Waals surface area contributed by atoms with Crippen LogP contribution in [0.2, 0.25) is 0 Å². The van der Waals surface area contributed by atoms with Crippen molar-refractivity contribution >= 4 is 34.7 Å². The van der Waals surface area contributed by atoms with Crippen molar-refractivity contribution < 1.29 is 0 Å². The summed E-state index contributed by atoms with van der Waals surface area (Å²) in [5.41, 5.74) is 0. The Bertz CT molecular complexity index is 28.4. The van der Waals surface area contributed by atoms with E-state index >= 15 is 0 Å². The average Bonchev–Trinajstić information content (AvgIpc) is 1.86. The van der Waals surface area contributed by atoms with Crippen LogP contribution >= 0.6 is 11.6 Å². The van der Waals surface area contributed by atoms with Crippen LogP contribution in [0.5, 0.6) is 0 Å². The maximum atomic E-state index is 5.26. The molecule has 0 fully saturated rings. The third-order valence-electron chi connectivity index (χ3n) is 0.667. The van der Waals surface area contributed by atoms with Crippen LogP contribution in [0.25, 0.3) is 0 Å². The van der Waals surface area contributed by atoms with Crippen LogP contribution in [0, 0.1) is 12.3 Å². The molecule has 58 valence electrons. The van der Waals surface area contributed by atoms with Crippen LogP contribution < -0.4 is 0 Å². The molecule has 0 aromatic rings. The van der Waals surface area contributed by atoms with E-state index in [4.69, 9.17) is 11.6 Å². The van der Waals surface area contributed by atoms with Gasteiger partial charge in [0.2, 0.25) is 0 Å². The topological polar surface area (TPSA) is 0 Å². The Morgan fingerprint density at radius 1 is 1.30 bits per heavy atom. The first kappa shape index (κ1) is 17.2. The SMILES string of the molecule is CCCC[CH-]Cl.C[CH-]C.[Mg+2]. The van der Waals surface area contributed by atoms with Crippen LogP contribution in [-0.4, -0.2) is 23.1 Å². The molecule has 0 unspecified atom stereocenters. The van der Waals surface area contributed by atoms with Crippen molar-refractivity contribution in [2.24, 2.45) is 0 Å². The predicted octanol–water partition coefficient (Wildman–Crippen LogP) is 3.43. The maximum Gasteiger partial charge on any atom is 2.00 e. The second kappa shape index (κ2) is 22.5. The number of hydrogen-bond acceptors (Lipinski definition) is 0. The van der Waals surface area contributed by atoms with Gasteiger partial charge in [-0.1, -0.05) is 19.8 Å². The zero-order valence-electron chi connectivity index (χ0n) is 7.36. The van der Waals surface area contributed by atoms with E-state index in [0.717, 1.165) is 6.42 Å². The van der Waals surface area contributed by atoms with E-state index in [1.54, 1.807) is 5.88 Å². The molecule has 0 spiro atoms. The van der Waals surface area contributed by atoms with E-state index in [9.17, 15) is 0 Å². The summed E-state index contributed by atoms with van der Waals surface area (Å²) in [4.78, 5) is 0. The number of rotatable bonds is 3. The molecule has 0 atom stereocenters. The van der Waals surface area contributed by atoms with Crippen LogP contribution in [0.1, 0.15) is 40.0 Å². The Kier molecular flexibility index (Phi) is 38.7. The van der Waals surface area contributed by atoms with Gasteiger partial charge in [-0.15, -0.1) is 0 Å². The standard InChI is InChI=1S/C5H10Cl.C3H7.Mg/c1-2-3-4-5-6;1-3-2;/h5H,2-4H2,1H3;3H,1-2H3;/q2*-1;+2. The number of unbranched alkanes of at least 4 members (excludes halogenated alkanes) is 2. The first-order valence-corrected chi connectivity index (χ1v) is 3.92. The molecule has 10 heavy (non-hydrogen) atoms. The summed E-state index contributed by atoms with van der Waals surface area (Å²) in [6, 6.07) is 0. The van der Waals surface area contributed by atoms with Crippen molar-refractivity contribution in [1.29, 1.82) is 0 Å². The fraction of sp³-hybridized carbons (Fsp3) is 0.750. The van der Waals surface area contributed by atoms with E-state index < -0.39 is 0 Å². The van der Waals surface area contributed by atoms with E-state index in [0.29, 0.717) is 0 Å². The van der Waals surface area contributed by atoms with Crippen LogP contribution in [0.4, 0.5) is 0 Å². The second-order valence-electron chi connectivity index (χ2n) is 1.87. The molecule has 0 aromatic carbocycles. The summed E-state index contributed by atoms with van der Waals surface area (Å²) in [6.07, 6.45) is 5.52. The summed E-state index contributed by atoms with van der Waals surface area (Å²) in [7, 11) is 0. The van der Waals surface area contributed by atoms with Crippen molar-refractivity contribution in [2.75, 3.05) is 0 Å². The second-order valence-corrected chi connectivity index (χ2v) is 2.18. The molecule has 0 aliphatic carbocycles. The Labute approximate surface area is 86.9 Å². The Hall–Kier alpha value is 1.06. The molecular formula is C8H17ClMg. The molecular weight excluding hydrogens is 156 g/mol. The van der Waals surface area contributed by atoms with E-state index in [1.807, 2.05) is 20.3 Å². The van der Waals surface area contributed by atoms with Gasteiger partial charge in [-0.3, -0.25) is 0 Å². The van der Waals surface area contributed by atoms with E-state index in [-0.39, 0.29) is 23.1 Å². The summed E-state index contributed by atoms with van der Waals surface area (Å²) >= 11 is 5.26. The van der Waals surface area contributed by atoms with Gasteiger partial charge >= 0.3 is 23.1 Å². The fourth-order valence-electron chi connectivity index (χ4n) is 0.281. The zero-order chi connectivity index (χ0) is 7.54. The van der Waals surface area contributed by atoms with Gasteiger partial charge in [0.1, 0.15) is 0 Å². The van der Waals surface area contributed by atoms with E-state index in [2.05, 4.69) is 6.92 Å². The normalized spacial score (nSPS) is 7.20. The van der Waals surface area contributed by atoms with Gasteiger partial charge in [-0.05, 0) is 0 Å². The molecule has 0 saturated heterocycles. The predicted molar refractivity (Wildman–Crippen MR) is 51.1 cm³/mol. The smallest absolute Gasteiger partial charge is 0.349 e. The largest absolute Gasteiger partial charge is 2.00 e. The van der Waals surface area contributed by atoms with Gasteiger partial charge in [0.15, 0.2) is 0 Å². The Morgan fingerprint density at radius 2 is 1.70 bits per heavy atom. The molecule has 2 heteroatoms. The molecule has 0 amide bonds. The summed E-state index contributed by atoms with van der Waals surface area (Å²) < 4.78 is 0. The van der Waals surface area contributed by atoms with Crippen molar-refractivity contribution in [3.63, 3.8) is 0 Å². The average molecular weight is 173 g/mol. The third kappa shape index (κ3) is 35.7. The van der Waals surface area contributed by atoms with Gasteiger partial charge in [0.25, 0.3) is 0 Å². The van der Waals surface area contributed by atoms with Gasteiger partial charge in [0, 0.05) is 0 Å². The number of hydrogen-bond donors (Lipinski definition) is 0. The molecule has 0 aliphatic heterocycles. The fourth-order valence-corrected chi connectivity index (χ4v) is 0.436. The molecule has 0 bridgehead atoms. The minimum atomic E-state index is 0. The molecule has 0 N–H and O–H groups in total. The molecule has 0 saturated carbocycles. The van der Waals surface area contributed by atoms with Gasteiger partial charge in [0.05, 0.1) is 0 Å². The van der Waals surface area contributed by atoms with Crippen molar-refractivity contribution in [3.8, 4) is 0 Å². The van der Waals surface area contributed by atoms with Crippen LogP contribution in [0.3, 0.4) is 0 Å². The summed E-state index contributed by atoms with van der Waals surface area (Å²) in [6.45, 7) is 6.15. The Morgan fingerprint density at radius 3 is 1.80 bits per heavy atom. The van der Waals surface area contributed by atoms with Crippen molar-refractivity contribution in [1.82, 2.24) is 0 Å². The molecule has 0 radical (unpaired) electrons. The zero-order valence-corrected chi connectivity index (χ0v) is 9.53. The minimum absolute atomic E-state index is 0. The van der Waals surface area contributed by atoms with Gasteiger partial charge in [-0.2, -0.15) is 20.3 Å². The van der Waals surface area contributed by atoms with Crippen LogP contribution in [0.15, 0.2) is 0 Å². The van der Waals surface area contributed by atoms with E-state index in [1.165, 1.54) is 12.8 Å². The minimum Gasteiger partial charge on any atom is -0.349 e. The van der Waals surface area contributed by atoms with Gasteiger partial charge in [-0.25, -0.2) is 5.88 Å². The molecule has 0 nitrogen and oxygen atoms in total. The van der Waals surface area contributed by atoms with Crippen molar-refractivity contribution in [3.05, 3.63) is 12.3 Å². The first-order chi connectivity index (χ1) is 4.33. The third-order valence-corrected chi connectivity index (χ3v) is 0.885. The molecule has 0 aromatic heterocycles. The molecule has 0 rings (SSSR count). The number of halogens is 1. The summed E-state index contributed by atoms with van der Waals surface area (Å²) in [5, 5.41) is 0.